The molecule has 2 aromatic heterocycles. The van der Waals surface area contributed by atoms with E-state index in [1.54, 1.807) is 13.1 Å². The van der Waals surface area contributed by atoms with E-state index in [0.717, 1.165) is 34.4 Å². The Hall–Kier alpha value is -3.70. The third-order valence-corrected chi connectivity index (χ3v) is 9.43. The first-order valence-corrected chi connectivity index (χ1v) is 16.4. The number of fused-ring (bicyclic) bond motifs is 5. The Bertz CT molecular complexity index is 2030. The van der Waals surface area contributed by atoms with Gasteiger partial charge in [-0.15, -0.1) is 40.5 Å². The minimum absolute atomic E-state index is 0. The van der Waals surface area contributed by atoms with Gasteiger partial charge in [-0.1, -0.05) is 94.1 Å². The quantitative estimate of drug-likeness (QED) is 0.142. The van der Waals surface area contributed by atoms with Crippen molar-refractivity contribution in [2.75, 3.05) is 16.8 Å². The van der Waals surface area contributed by atoms with E-state index in [4.69, 9.17) is 4.98 Å². The molecule has 46 heavy (non-hydrogen) atoms. The third-order valence-electron chi connectivity index (χ3n) is 8.13. The summed E-state index contributed by atoms with van der Waals surface area (Å²) in [6.45, 7) is 15.0. The van der Waals surface area contributed by atoms with Gasteiger partial charge >= 0.3 is 0 Å². The first-order valence-electron chi connectivity index (χ1n) is 15.6. The summed E-state index contributed by atoms with van der Waals surface area (Å²) in [6, 6.07) is 31.6. The number of aliphatic hydroxyl groups is 1. The molecule has 0 spiro atoms. The predicted molar refractivity (Wildman–Crippen MR) is 194 cm³/mol. The fourth-order valence-electron chi connectivity index (χ4n) is 6.15. The van der Waals surface area contributed by atoms with Crippen LogP contribution in [0.5, 0.6) is 0 Å². The van der Waals surface area contributed by atoms with Crippen molar-refractivity contribution in [3.8, 4) is 11.3 Å². The van der Waals surface area contributed by atoms with Crippen molar-refractivity contribution in [1.29, 1.82) is 0 Å². The van der Waals surface area contributed by atoms with Gasteiger partial charge in [0.1, 0.15) is 5.76 Å². The molecule has 7 rings (SSSR count). The van der Waals surface area contributed by atoms with Gasteiger partial charge in [-0.25, -0.2) is 0 Å². The molecule has 0 amide bonds. The Morgan fingerprint density at radius 1 is 0.935 bits per heavy atom. The van der Waals surface area contributed by atoms with Crippen LogP contribution in [0.4, 0.5) is 11.4 Å². The number of aromatic nitrogens is 1. The minimum atomic E-state index is 0. The molecule has 0 bridgehead atoms. The molecule has 6 aromatic rings. The van der Waals surface area contributed by atoms with Gasteiger partial charge in [-0.05, 0) is 60.9 Å². The fraction of sp³-hybridized carbons (Fsp3) is 0.250. The number of para-hydroxylation sites is 2. The van der Waals surface area contributed by atoms with E-state index in [-0.39, 0.29) is 25.5 Å². The largest absolute Gasteiger partial charge is 0.511 e. The van der Waals surface area contributed by atoms with Crippen molar-refractivity contribution in [1.82, 2.24) is 4.98 Å². The average Bonchev–Trinajstić information content (AvgIpc) is 3.54. The molecule has 0 atom stereocenters. The van der Waals surface area contributed by atoms with E-state index in [9.17, 15) is 5.11 Å². The Morgan fingerprint density at radius 2 is 1.61 bits per heavy atom. The SMILES string of the molecule is C/C(O)=C/N1[CH-]N(C)c2ccccc21.CC(C)Cc1cccc2c1sc1c(-c3[c-]c4ccccc4c(C(C)(C)C)c3)nccc12.[Ir]. The first-order chi connectivity index (χ1) is 21.5. The summed E-state index contributed by atoms with van der Waals surface area (Å²) in [4.78, 5) is 8.80. The van der Waals surface area contributed by atoms with Gasteiger partial charge in [0.2, 0.25) is 0 Å². The summed E-state index contributed by atoms with van der Waals surface area (Å²) < 4.78 is 2.66. The summed E-state index contributed by atoms with van der Waals surface area (Å²) in [7, 11) is 1.99. The van der Waals surface area contributed by atoms with Crippen molar-refractivity contribution in [2.24, 2.45) is 5.92 Å². The van der Waals surface area contributed by atoms with Crippen LogP contribution in [0.3, 0.4) is 0 Å². The molecular formula is C40H41IrN3OS-2. The first kappa shape index (κ1) is 33.7. The van der Waals surface area contributed by atoms with E-state index in [1.165, 1.54) is 36.7 Å². The van der Waals surface area contributed by atoms with Crippen LogP contribution in [-0.2, 0) is 31.9 Å². The number of allylic oxidation sites excluding steroid dienone is 1. The average molecular weight is 804 g/mol. The standard InChI is InChI=1S/C29H28NS.C11H13N2O.Ir/c1-18(2)15-20-10-8-12-23-24-13-14-30-26(28(24)31-27(20)23)21-16-19-9-6-7-11-22(19)25(17-21)29(3,4)5;1-9(14)7-13-8-12(2)10-5-3-4-6-11(10)13;/h6-14,17-18H,15H2,1-5H3;3-8,14H,1-2H3;/q2*-1;/b;9-7-;. The zero-order valence-electron chi connectivity index (χ0n) is 27.6. The van der Waals surface area contributed by atoms with Crippen LogP contribution in [-0.4, -0.2) is 17.1 Å². The van der Waals surface area contributed by atoms with Crippen LogP contribution in [0.25, 0.3) is 42.2 Å². The van der Waals surface area contributed by atoms with Gasteiger partial charge in [0.05, 0.1) is 0 Å². The zero-order chi connectivity index (χ0) is 31.9. The summed E-state index contributed by atoms with van der Waals surface area (Å²) in [6.07, 6.45) is 4.75. The van der Waals surface area contributed by atoms with Gasteiger partial charge in [0, 0.05) is 64.4 Å². The maximum absolute atomic E-state index is 9.21. The molecule has 3 heterocycles. The van der Waals surface area contributed by atoms with E-state index in [0.29, 0.717) is 11.7 Å². The Labute approximate surface area is 290 Å². The molecule has 0 saturated heterocycles. The van der Waals surface area contributed by atoms with Gasteiger partial charge in [0.25, 0.3) is 0 Å². The number of nitrogens with zero attached hydrogens (tertiary/aromatic N) is 3. The number of rotatable bonds is 4. The number of pyridine rings is 1. The molecule has 1 radical (unpaired) electrons. The number of aliphatic hydroxyl groups excluding tert-OH is 1. The topological polar surface area (TPSA) is 39.6 Å². The third kappa shape index (κ3) is 6.71. The maximum atomic E-state index is 9.21. The number of anilines is 2. The van der Waals surface area contributed by atoms with Crippen LogP contribution in [0.2, 0.25) is 0 Å². The van der Waals surface area contributed by atoms with Gasteiger partial charge in [-0.3, -0.25) is 4.98 Å². The summed E-state index contributed by atoms with van der Waals surface area (Å²) in [5.74, 6) is 0.933. The van der Waals surface area contributed by atoms with Crippen LogP contribution < -0.4 is 9.80 Å². The molecule has 1 N–H and O–H groups in total. The fourth-order valence-corrected chi connectivity index (χ4v) is 7.47. The van der Waals surface area contributed by atoms with E-state index in [1.807, 2.05) is 65.3 Å². The molecule has 239 valence electrons. The molecule has 4 nitrogen and oxygen atoms in total. The summed E-state index contributed by atoms with van der Waals surface area (Å²) in [5.41, 5.74) is 7.20. The second kappa shape index (κ2) is 13.6. The van der Waals surface area contributed by atoms with Gasteiger partial charge in [-0.2, -0.15) is 6.67 Å². The zero-order valence-corrected chi connectivity index (χ0v) is 30.8. The van der Waals surface area contributed by atoms with E-state index in [2.05, 4.69) is 95.3 Å². The van der Waals surface area contributed by atoms with Crippen molar-refractivity contribution < 1.29 is 25.2 Å². The second-order valence-corrected chi connectivity index (χ2v) is 14.3. The van der Waals surface area contributed by atoms with Crippen LogP contribution in [0.1, 0.15) is 52.7 Å². The predicted octanol–water partition coefficient (Wildman–Crippen LogP) is 11.0. The van der Waals surface area contributed by atoms with Crippen molar-refractivity contribution in [2.45, 2.75) is 53.4 Å². The summed E-state index contributed by atoms with van der Waals surface area (Å²) >= 11 is 1.89. The van der Waals surface area contributed by atoms with Crippen molar-refractivity contribution >= 4 is 53.7 Å². The van der Waals surface area contributed by atoms with Crippen LogP contribution in [0, 0.1) is 18.7 Å². The monoisotopic (exact) mass is 804 g/mol. The van der Waals surface area contributed by atoms with Crippen molar-refractivity contribution in [3.63, 3.8) is 0 Å². The van der Waals surface area contributed by atoms with Gasteiger partial charge < -0.3 is 14.9 Å². The maximum Gasteiger partial charge on any atom is 0.103 e. The molecule has 0 aliphatic carbocycles. The molecule has 0 fully saturated rings. The van der Waals surface area contributed by atoms with Crippen LogP contribution in [0.15, 0.2) is 97.0 Å². The number of hydrogen-bond acceptors (Lipinski definition) is 5. The molecule has 0 saturated carbocycles. The Morgan fingerprint density at radius 3 is 2.33 bits per heavy atom. The Balaban J connectivity index is 0.000000234. The Kier molecular flexibility index (Phi) is 9.93. The normalized spacial score (nSPS) is 13.3. The molecule has 0 unspecified atom stereocenters. The van der Waals surface area contributed by atoms with Gasteiger partial charge in [0.15, 0.2) is 0 Å². The molecule has 1 aliphatic rings. The molecule has 6 heteroatoms. The molecule has 4 aromatic carbocycles. The molecular weight excluding hydrogens is 763 g/mol. The number of thiophene rings is 1. The van der Waals surface area contributed by atoms with E-state index >= 15 is 0 Å². The smallest absolute Gasteiger partial charge is 0.103 e. The van der Waals surface area contributed by atoms with Crippen LogP contribution >= 0.6 is 11.3 Å². The van der Waals surface area contributed by atoms with Crippen molar-refractivity contribution in [3.05, 3.63) is 121 Å². The molecule has 1 aliphatic heterocycles. The van der Waals surface area contributed by atoms with E-state index < -0.39 is 0 Å². The second-order valence-electron chi connectivity index (χ2n) is 13.3. The summed E-state index contributed by atoms with van der Waals surface area (Å²) in [5, 5.41) is 14.3. The minimum Gasteiger partial charge on any atom is -0.511 e. The number of hydrogen-bond donors (Lipinski definition) is 1. The number of benzene rings is 4.